The van der Waals surface area contributed by atoms with Crippen molar-refractivity contribution in [3.8, 4) is 17.0 Å². The summed E-state index contributed by atoms with van der Waals surface area (Å²) < 4.78 is 7.87. The average Bonchev–Trinajstić information content (AvgIpc) is 3.28. The molecule has 0 saturated carbocycles. The molecule has 6 heteroatoms. The third kappa shape index (κ3) is 3.64. The number of carbonyl (C=O) groups excluding carboxylic acids is 1. The highest BCUT2D eigenvalue weighted by Gasteiger charge is 2.17. The number of thiazole rings is 1. The first-order valence-electron chi connectivity index (χ1n) is 9.07. The summed E-state index contributed by atoms with van der Waals surface area (Å²) in [4.78, 5) is 18.2. The van der Waals surface area contributed by atoms with Gasteiger partial charge in [0.1, 0.15) is 5.75 Å². The zero-order valence-electron chi connectivity index (χ0n) is 16.0. The van der Waals surface area contributed by atoms with Crippen molar-refractivity contribution in [1.82, 2.24) is 9.38 Å². The summed E-state index contributed by atoms with van der Waals surface area (Å²) in [6, 6.07) is 13.5. The van der Waals surface area contributed by atoms with E-state index in [4.69, 9.17) is 4.74 Å². The SMILES string of the molecule is Cc1cccc(OC(C)C(=O)Nc2cccc(-c3cn4ccsc4n3)c2)c1C. The second-order valence-corrected chi connectivity index (χ2v) is 7.62. The van der Waals surface area contributed by atoms with E-state index in [9.17, 15) is 4.79 Å². The number of imidazole rings is 1. The summed E-state index contributed by atoms with van der Waals surface area (Å²) in [7, 11) is 0. The van der Waals surface area contributed by atoms with Crippen LogP contribution in [0.1, 0.15) is 18.1 Å². The number of ether oxygens (including phenoxy) is 1. The summed E-state index contributed by atoms with van der Waals surface area (Å²) in [5.41, 5.74) is 4.73. The van der Waals surface area contributed by atoms with Crippen LogP contribution in [0, 0.1) is 13.8 Å². The van der Waals surface area contributed by atoms with Gasteiger partial charge < -0.3 is 10.1 Å². The van der Waals surface area contributed by atoms with Gasteiger partial charge in [-0.05, 0) is 50.1 Å². The molecule has 0 aliphatic rings. The molecule has 1 amide bonds. The Morgan fingerprint density at radius 3 is 2.86 bits per heavy atom. The van der Waals surface area contributed by atoms with Gasteiger partial charge in [-0.2, -0.15) is 0 Å². The first-order valence-corrected chi connectivity index (χ1v) is 9.95. The fourth-order valence-corrected chi connectivity index (χ4v) is 3.66. The number of fused-ring (bicyclic) bond motifs is 1. The molecule has 4 aromatic rings. The van der Waals surface area contributed by atoms with E-state index >= 15 is 0 Å². The number of aryl methyl sites for hydroxylation is 1. The van der Waals surface area contributed by atoms with Crippen molar-refractivity contribution in [3.05, 3.63) is 71.4 Å². The summed E-state index contributed by atoms with van der Waals surface area (Å²) >= 11 is 1.59. The van der Waals surface area contributed by atoms with Crippen LogP contribution >= 0.6 is 11.3 Å². The topological polar surface area (TPSA) is 55.6 Å². The van der Waals surface area contributed by atoms with Crippen molar-refractivity contribution in [2.45, 2.75) is 26.9 Å². The molecule has 1 atom stereocenters. The van der Waals surface area contributed by atoms with Crippen LogP contribution in [0.15, 0.2) is 60.2 Å². The van der Waals surface area contributed by atoms with E-state index in [0.717, 1.165) is 38.8 Å². The number of nitrogens with one attached hydrogen (secondary N) is 1. The van der Waals surface area contributed by atoms with Gasteiger partial charge in [0, 0.05) is 29.0 Å². The van der Waals surface area contributed by atoms with Crippen LogP contribution in [-0.4, -0.2) is 21.4 Å². The predicted molar refractivity (Wildman–Crippen MR) is 113 cm³/mol. The Balaban J connectivity index is 1.48. The Kier molecular flexibility index (Phi) is 4.88. The Morgan fingerprint density at radius 2 is 2.04 bits per heavy atom. The van der Waals surface area contributed by atoms with Crippen LogP contribution < -0.4 is 10.1 Å². The van der Waals surface area contributed by atoms with Crippen molar-refractivity contribution < 1.29 is 9.53 Å². The molecular weight excluding hydrogens is 370 g/mol. The first-order chi connectivity index (χ1) is 13.5. The minimum Gasteiger partial charge on any atom is -0.481 e. The van der Waals surface area contributed by atoms with E-state index in [-0.39, 0.29) is 5.91 Å². The molecule has 0 saturated heterocycles. The molecule has 28 heavy (non-hydrogen) atoms. The molecule has 5 nitrogen and oxygen atoms in total. The van der Waals surface area contributed by atoms with Crippen LogP contribution in [0.5, 0.6) is 5.75 Å². The highest BCUT2D eigenvalue weighted by molar-refractivity contribution is 7.15. The van der Waals surface area contributed by atoms with Crippen LogP contribution in [-0.2, 0) is 4.79 Å². The van der Waals surface area contributed by atoms with Gasteiger partial charge in [0.25, 0.3) is 5.91 Å². The first kappa shape index (κ1) is 18.3. The summed E-state index contributed by atoms with van der Waals surface area (Å²) in [6.45, 7) is 5.78. The standard InChI is InChI=1S/C22H21N3O2S/c1-14-6-4-9-20(15(14)2)27-16(3)21(26)23-18-8-5-7-17(12-18)19-13-25-10-11-28-22(25)24-19/h4-13,16H,1-3H3,(H,23,26). The van der Waals surface area contributed by atoms with Crippen LogP contribution in [0.4, 0.5) is 5.69 Å². The summed E-state index contributed by atoms with van der Waals surface area (Å²) in [5.74, 6) is 0.540. The zero-order chi connectivity index (χ0) is 19.7. The van der Waals surface area contributed by atoms with Gasteiger partial charge in [0.05, 0.1) is 5.69 Å². The normalized spacial score (nSPS) is 12.1. The summed E-state index contributed by atoms with van der Waals surface area (Å²) in [5, 5.41) is 4.94. The van der Waals surface area contributed by atoms with Gasteiger partial charge in [0.15, 0.2) is 11.1 Å². The molecule has 0 radical (unpaired) electrons. The predicted octanol–water partition coefficient (Wildman–Crippen LogP) is 5.09. The van der Waals surface area contributed by atoms with Gasteiger partial charge >= 0.3 is 0 Å². The van der Waals surface area contributed by atoms with Crippen LogP contribution in [0.3, 0.4) is 0 Å². The molecule has 0 bridgehead atoms. The fraction of sp³-hybridized carbons (Fsp3) is 0.182. The van der Waals surface area contributed by atoms with E-state index in [2.05, 4.69) is 10.3 Å². The molecular formula is C22H21N3O2S. The number of benzene rings is 2. The highest BCUT2D eigenvalue weighted by Crippen LogP contribution is 2.25. The smallest absolute Gasteiger partial charge is 0.265 e. The minimum absolute atomic E-state index is 0.191. The van der Waals surface area contributed by atoms with Crippen LogP contribution in [0.25, 0.3) is 16.2 Å². The molecule has 0 aliphatic heterocycles. The lowest BCUT2D eigenvalue weighted by atomic mass is 10.1. The monoisotopic (exact) mass is 391 g/mol. The maximum Gasteiger partial charge on any atom is 0.265 e. The van der Waals surface area contributed by atoms with Crippen molar-refractivity contribution >= 4 is 27.9 Å². The zero-order valence-corrected chi connectivity index (χ0v) is 16.8. The third-order valence-corrected chi connectivity index (χ3v) is 5.52. The van der Waals surface area contributed by atoms with Gasteiger partial charge in [0.2, 0.25) is 0 Å². The Morgan fingerprint density at radius 1 is 1.21 bits per heavy atom. The molecule has 142 valence electrons. The highest BCUT2D eigenvalue weighted by atomic mass is 32.1. The van der Waals surface area contributed by atoms with E-state index < -0.39 is 6.10 Å². The number of amides is 1. The van der Waals surface area contributed by atoms with Gasteiger partial charge in [-0.1, -0.05) is 24.3 Å². The van der Waals surface area contributed by atoms with Crippen LogP contribution in [0.2, 0.25) is 0 Å². The number of nitrogens with zero attached hydrogens (tertiary/aromatic N) is 2. The lowest BCUT2D eigenvalue weighted by molar-refractivity contribution is -0.122. The van der Waals surface area contributed by atoms with E-state index in [1.54, 1.807) is 18.3 Å². The molecule has 0 aliphatic carbocycles. The molecule has 2 aromatic carbocycles. The Hall–Kier alpha value is -3.12. The molecule has 1 unspecified atom stereocenters. The van der Waals surface area contributed by atoms with E-state index in [1.807, 2.05) is 78.5 Å². The second-order valence-electron chi connectivity index (χ2n) is 6.75. The number of rotatable bonds is 5. The van der Waals surface area contributed by atoms with Crippen molar-refractivity contribution in [2.75, 3.05) is 5.32 Å². The van der Waals surface area contributed by atoms with E-state index in [0.29, 0.717) is 0 Å². The molecule has 2 aromatic heterocycles. The van der Waals surface area contributed by atoms with Gasteiger partial charge in [-0.3, -0.25) is 9.20 Å². The Bertz CT molecular complexity index is 1120. The third-order valence-electron chi connectivity index (χ3n) is 4.75. The maximum absolute atomic E-state index is 12.6. The number of aromatic nitrogens is 2. The molecule has 0 spiro atoms. The number of carbonyl (C=O) groups is 1. The van der Waals surface area contributed by atoms with Crippen molar-refractivity contribution in [3.63, 3.8) is 0 Å². The summed E-state index contributed by atoms with van der Waals surface area (Å²) in [6.07, 6.45) is 3.36. The fourth-order valence-electron chi connectivity index (χ4n) is 2.96. The lowest BCUT2D eigenvalue weighted by Crippen LogP contribution is -2.30. The largest absolute Gasteiger partial charge is 0.481 e. The second kappa shape index (κ2) is 7.48. The molecule has 0 fully saturated rings. The average molecular weight is 391 g/mol. The van der Waals surface area contributed by atoms with E-state index in [1.165, 1.54) is 0 Å². The number of hydrogen-bond acceptors (Lipinski definition) is 4. The lowest BCUT2D eigenvalue weighted by Gasteiger charge is -2.17. The Labute approximate surface area is 167 Å². The number of hydrogen-bond donors (Lipinski definition) is 1. The molecule has 4 rings (SSSR count). The van der Waals surface area contributed by atoms with Crippen molar-refractivity contribution in [1.29, 1.82) is 0 Å². The molecule has 2 heterocycles. The quantitative estimate of drug-likeness (QED) is 0.516. The van der Waals surface area contributed by atoms with Crippen molar-refractivity contribution in [2.24, 2.45) is 0 Å². The molecule has 1 N–H and O–H groups in total. The number of anilines is 1. The minimum atomic E-state index is -0.609. The van der Waals surface area contributed by atoms with Gasteiger partial charge in [-0.25, -0.2) is 4.98 Å². The van der Waals surface area contributed by atoms with Gasteiger partial charge in [-0.15, -0.1) is 11.3 Å². The maximum atomic E-state index is 12.6.